The molecule has 1 unspecified atom stereocenters. The van der Waals surface area contributed by atoms with E-state index < -0.39 is 0 Å². The number of likely N-dealkylation sites (tertiary alicyclic amines) is 1. The van der Waals surface area contributed by atoms with Gasteiger partial charge in [0, 0.05) is 24.8 Å². The predicted octanol–water partition coefficient (Wildman–Crippen LogP) is 15.6. The van der Waals surface area contributed by atoms with Crippen LogP contribution in [0.15, 0.2) is 48.6 Å². The van der Waals surface area contributed by atoms with Crippen molar-refractivity contribution in [3.8, 4) is 0 Å². The molecule has 3 rings (SSSR count). The second-order valence-corrected chi connectivity index (χ2v) is 16.7. The normalized spacial score (nSPS) is 14.9. The number of unbranched alkanes of at least 4 members (excludes halogenated alkanes) is 16. The maximum Gasteiger partial charge on any atom is 0.0314 e. The Hall–Kier alpha value is -1.58. The van der Waals surface area contributed by atoms with Crippen LogP contribution in [-0.4, -0.2) is 31.1 Å². The minimum Gasteiger partial charge on any atom is -0.399 e. The number of allylic oxidation sites excluding steroid dienone is 4. The van der Waals surface area contributed by atoms with Gasteiger partial charge in [-0.15, -0.1) is 0 Å². The molecule has 1 atom stereocenters. The van der Waals surface area contributed by atoms with E-state index in [0.717, 1.165) is 23.9 Å². The monoisotopic (exact) mass is 738 g/mol. The van der Waals surface area contributed by atoms with Crippen LogP contribution >= 0.6 is 0 Å². The molecule has 1 aromatic rings. The molecule has 1 saturated carbocycles. The molecule has 3 heteroatoms. The van der Waals surface area contributed by atoms with Gasteiger partial charge in [0.05, 0.1) is 0 Å². The summed E-state index contributed by atoms with van der Waals surface area (Å²) in [6.07, 6.45) is 49.2. The van der Waals surface area contributed by atoms with Crippen LogP contribution in [0.5, 0.6) is 0 Å². The quantitative estimate of drug-likeness (QED) is 0.0511. The van der Waals surface area contributed by atoms with Crippen molar-refractivity contribution >= 4 is 5.69 Å². The minimum atomic E-state index is 0.440. The van der Waals surface area contributed by atoms with Crippen molar-refractivity contribution in [1.29, 1.82) is 0 Å². The van der Waals surface area contributed by atoms with Crippen LogP contribution in [0.1, 0.15) is 219 Å². The Morgan fingerprint density at radius 1 is 0.585 bits per heavy atom. The van der Waals surface area contributed by atoms with Crippen LogP contribution in [0.3, 0.4) is 0 Å². The maximum atomic E-state index is 6.74. The number of benzene rings is 1. The summed E-state index contributed by atoms with van der Waals surface area (Å²) >= 11 is 0. The van der Waals surface area contributed by atoms with Crippen molar-refractivity contribution in [1.82, 2.24) is 4.90 Å². The van der Waals surface area contributed by atoms with Gasteiger partial charge in [-0.2, -0.15) is 0 Å². The lowest BCUT2D eigenvalue weighted by molar-refractivity contribution is 0.131. The van der Waals surface area contributed by atoms with Crippen LogP contribution < -0.4 is 11.5 Å². The lowest BCUT2D eigenvalue weighted by Crippen LogP contribution is -2.42. The van der Waals surface area contributed by atoms with E-state index in [9.17, 15) is 0 Å². The lowest BCUT2D eigenvalue weighted by atomic mass is 9.86. The molecule has 1 heterocycles. The van der Waals surface area contributed by atoms with Gasteiger partial charge in [0.15, 0.2) is 0 Å². The third-order valence-electron chi connectivity index (χ3n) is 11.2. The highest BCUT2D eigenvalue weighted by Gasteiger charge is 2.20. The van der Waals surface area contributed by atoms with Gasteiger partial charge < -0.3 is 16.4 Å². The smallest absolute Gasteiger partial charge is 0.0314 e. The Morgan fingerprint density at radius 2 is 1.00 bits per heavy atom. The fourth-order valence-corrected chi connectivity index (χ4v) is 6.92. The summed E-state index contributed by atoms with van der Waals surface area (Å²) in [5.41, 5.74) is 14.2. The highest BCUT2D eigenvalue weighted by molar-refractivity contribution is 5.38. The average Bonchev–Trinajstić information content (AvgIpc) is 3.11. The lowest BCUT2D eigenvalue weighted by Gasteiger charge is -2.35. The highest BCUT2D eigenvalue weighted by Crippen LogP contribution is 2.24. The van der Waals surface area contributed by atoms with Gasteiger partial charge >= 0.3 is 0 Å². The van der Waals surface area contributed by atoms with Crippen LogP contribution in [0.2, 0.25) is 0 Å². The van der Waals surface area contributed by atoms with E-state index in [2.05, 4.69) is 63.9 Å². The second kappa shape index (κ2) is 40.1. The summed E-state index contributed by atoms with van der Waals surface area (Å²) in [4.78, 5) is 2.36. The van der Waals surface area contributed by atoms with Gasteiger partial charge in [-0.05, 0) is 89.3 Å². The molecule has 1 aromatic carbocycles. The van der Waals surface area contributed by atoms with Crippen molar-refractivity contribution < 1.29 is 0 Å². The van der Waals surface area contributed by atoms with Crippen molar-refractivity contribution in [2.45, 2.75) is 227 Å². The molecule has 4 N–H and O–H groups in total. The summed E-state index contributed by atoms with van der Waals surface area (Å²) in [5.74, 6) is 1.79. The van der Waals surface area contributed by atoms with Gasteiger partial charge in [0.2, 0.25) is 0 Å². The first-order chi connectivity index (χ1) is 25.9. The third-order valence-corrected chi connectivity index (χ3v) is 11.2. The first kappa shape index (κ1) is 51.4. The van der Waals surface area contributed by atoms with E-state index in [0.29, 0.717) is 6.04 Å². The molecule has 310 valence electrons. The number of hydrogen-bond donors (Lipinski definition) is 2. The van der Waals surface area contributed by atoms with Crippen LogP contribution in [-0.2, 0) is 0 Å². The number of nitrogens with two attached hydrogens (primary N) is 2. The van der Waals surface area contributed by atoms with E-state index in [1.807, 2.05) is 31.2 Å². The molecule has 0 aromatic heterocycles. The molecule has 0 bridgehead atoms. The molecule has 1 aliphatic carbocycles. The van der Waals surface area contributed by atoms with Crippen molar-refractivity contribution in [2.75, 3.05) is 25.9 Å². The number of rotatable bonds is 28. The van der Waals surface area contributed by atoms with Gasteiger partial charge in [0.25, 0.3) is 0 Å². The minimum absolute atomic E-state index is 0.440. The van der Waals surface area contributed by atoms with E-state index in [1.165, 1.54) is 198 Å². The van der Waals surface area contributed by atoms with E-state index in [1.54, 1.807) is 0 Å². The number of hydrogen-bond acceptors (Lipinski definition) is 3. The highest BCUT2D eigenvalue weighted by atomic mass is 15.2. The van der Waals surface area contributed by atoms with Crippen LogP contribution in [0.25, 0.3) is 0 Å². The maximum absolute atomic E-state index is 6.74. The zero-order chi connectivity index (χ0) is 39.0. The molecular weight excluding hydrogens is 643 g/mol. The predicted molar refractivity (Wildman–Crippen MR) is 243 cm³/mol. The summed E-state index contributed by atoms with van der Waals surface area (Å²) in [7, 11) is 2.17. The Kier molecular flexibility index (Phi) is 38.9. The zero-order valence-electron chi connectivity index (χ0n) is 36.9. The summed E-state index contributed by atoms with van der Waals surface area (Å²) in [5, 5.41) is 0. The SMILES string of the molecule is C1CCC1.CCC1CN(C)C1.CCCCC/C=C\C/C=C\CCCCCCCC(N)C(CCCCCCC)CCCCCCC.Cc1ccc(N)cc1. The second-order valence-electron chi connectivity index (χ2n) is 16.7. The molecule has 53 heavy (non-hydrogen) atoms. The van der Waals surface area contributed by atoms with Crippen molar-refractivity contribution in [3.63, 3.8) is 0 Å². The summed E-state index contributed by atoms with van der Waals surface area (Å²) in [6.45, 7) is 13.8. The summed E-state index contributed by atoms with van der Waals surface area (Å²) in [6, 6.07) is 8.23. The molecule has 1 saturated heterocycles. The van der Waals surface area contributed by atoms with E-state index in [4.69, 9.17) is 11.5 Å². The van der Waals surface area contributed by atoms with Crippen LogP contribution in [0, 0.1) is 18.8 Å². The molecule has 0 amide bonds. The molecule has 0 spiro atoms. The van der Waals surface area contributed by atoms with Crippen molar-refractivity contribution in [2.24, 2.45) is 17.6 Å². The first-order valence-corrected chi connectivity index (χ1v) is 23.4. The van der Waals surface area contributed by atoms with Gasteiger partial charge in [-0.3, -0.25) is 0 Å². The third kappa shape index (κ3) is 35.9. The number of nitrogen functional groups attached to an aromatic ring is 1. The Bertz CT molecular complexity index is 857. The topological polar surface area (TPSA) is 55.3 Å². The molecular formula is C50H95N3. The van der Waals surface area contributed by atoms with Crippen molar-refractivity contribution in [3.05, 3.63) is 54.1 Å². The van der Waals surface area contributed by atoms with Gasteiger partial charge in [-0.25, -0.2) is 0 Å². The first-order valence-electron chi connectivity index (χ1n) is 23.4. The zero-order valence-corrected chi connectivity index (χ0v) is 36.9. The fraction of sp³-hybridized carbons (Fsp3) is 0.800. The molecule has 3 nitrogen and oxygen atoms in total. The average molecular weight is 738 g/mol. The number of nitrogens with zero attached hydrogens (tertiary/aromatic N) is 1. The standard InChI is InChI=1S/C33H65N.C7H9N.C6H13N.C4H8/c1-4-7-10-13-14-15-16-17-18-19-20-21-22-25-28-31-33(34)32(29-26-23-11-8-5-2)30-27-24-12-9-6-3;1-6-2-4-7(8)5-3-6;1-3-6-4-7(2)5-6;1-2-4-3-1/h14-15,17-18,32-33H,4-13,16,19-31,34H2,1-3H3;2-5H,8H2,1H3;6H,3-5H2,1-2H3;1-4H2/b15-14-,18-17-;;;. The van der Waals surface area contributed by atoms with Gasteiger partial charge in [-0.1, -0.05) is 205 Å². The number of anilines is 1. The van der Waals surface area contributed by atoms with E-state index in [-0.39, 0.29) is 0 Å². The fourth-order valence-electron chi connectivity index (χ4n) is 6.92. The molecule has 1 aliphatic heterocycles. The molecule has 0 radical (unpaired) electrons. The molecule has 2 aliphatic rings. The van der Waals surface area contributed by atoms with E-state index >= 15 is 0 Å². The largest absolute Gasteiger partial charge is 0.399 e. The Balaban J connectivity index is 0.00000112. The Labute approximate surface area is 334 Å². The number of aryl methyl sites for hydroxylation is 1. The molecule has 2 fully saturated rings. The Morgan fingerprint density at radius 3 is 1.42 bits per heavy atom. The van der Waals surface area contributed by atoms with Gasteiger partial charge in [0.1, 0.15) is 0 Å². The summed E-state index contributed by atoms with van der Waals surface area (Å²) < 4.78 is 0. The van der Waals surface area contributed by atoms with Crippen LogP contribution in [0.4, 0.5) is 5.69 Å².